The van der Waals surface area contributed by atoms with Crippen LogP contribution in [-0.2, 0) is 11.3 Å². The molecule has 5 heterocycles. The minimum absolute atomic E-state index is 0.0981. The summed E-state index contributed by atoms with van der Waals surface area (Å²) in [6.07, 6.45) is 11.0. The molecule has 32 heavy (non-hydrogen) atoms. The van der Waals surface area contributed by atoms with Crippen LogP contribution < -0.4 is 0 Å². The smallest absolute Gasteiger partial charge is 0.257 e. The van der Waals surface area contributed by atoms with Gasteiger partial charge in [0.25, 0.3) is 5.91 Å². The molecule has 0 N–H and O–H groups in total. The minimum Gasteiger partial charge on any atom is -0.472 e. The van der Waals surface area contributed by atoms with Gasteiger partial charge in [-0.25, -0.2) is 4.98 Å². The molecule has 3 aromatic rings. The van der Waals surface area contributed by atoms with Crippen molar-refractivity contribution in [3.05, 3.63) is 72.5 Å². The average molecular weight is 434 g/mol. The molecule has 3 aromatic heterocycles. The molecule has 0 aromatic carbocycles. The highest BCUT2D eigenvalue weighted by Crippen LogP contribution is 2.50. The number of carbonyl (C=O) groups excluding carboxylic acids is 2. The Hall–Kier alpha value is -3.42. The lowest BCUT2D eigenvalue weighted by molar-refractivity contribution is -0.136. The number of carbonyl (C=O) groups is 2. The standard InChI is InChI=1S/C24H27N5O3/c1-17(2)29-13-21(26-16-29)20-12-28(22(30)19-5-10-32-14-19)15-24(20)6-9-27(23(24)31)11-18-3-7-25-8-4-18/h3-5,7-8,10,13-14,16-17,20H,6,9,11-12,15H2,1-2H3. The predicted molar refractivity (Wildman–Crippen MR) is 117 cm³/mol. The number of aromatic nitrogens is 3. The van der Waals surface area contributed by atoms with Crippen molar-refractivity contribution in [2.75, 3.05) is 19.6 Å². The molecule has 2 aliphatic rings. The lowest BCUT2D eigenvalue weighted by Crippen LogP contribution is -2.40. The van der Waals surface area contributed by atoms with E-state index in [0.717, 1.165) is 11.3 Å². The van der Waals surface area contributed by atoms with Crippen molar-refractivity contribution >= 4 is 11.8 Å². The summed E-state index contributed by atoms with van der Waals surface area (Å²) in [7, 11) is 0. The molecule has 8 heteroatoms. The van der Waals surface area contributed by atoms with E-state index in [0.29, 0.717) is 38.2 Å². The number of imidazole rings is 1. The fraction of sp³-hybridized carbons (Fsp3) is 0.417. The van der Waals surface area contributed by atoms with E-state index >= 15 is 0 Å². The summed E-state index contributed by atoms with van der Waals surface area (Å²) in [5, 5.41) is 0. The maximum atomic E-state index is 13.8. The van der Waals surface area contributed by atoms with Crippen molar-refractivity contribution in [2.45, 2.75) is 38.8 Å². The second-order valence-electron chi connectivity index (χ2n) is 9.08. The molecule has 166 valence electrons. The van der Waals surface area contributed by atoms with Gasteiger partial charge in [0.1, 0.15) is 6.26 Å². The molecule has 2 unspecified atom stereocenters. The lowest BCUT2D eigenvalue weighted by Gasteiger charge is -2.27. The van der Waals surface area contributed by atoms with Gasteiger partial charge in [0.05, 0.1) is 29.3 Å². The molecule has 2 fully saturated rings. The molecule has 5 rings (SSSR count). The Bertz CT molecular complexity index is 1110. The van der Waals surface area contributed by atoms with Gasteiger partial charge in [-0.1, -0.05) is 0 Å². The molecule has 0 bridgehead atoms. The number of pyridine rings is 1. The minimum atomic E-state index is -0.664. The van der Waals surface area contributed by atoms with Crippen LogP contribution in [0.3, 0.4) is 0 Å². The third-order valence-corrected chi connectivity index (χ3v) is 6.84. The number of nitrogens with zero attached hydrogens (tertiary/aromatic N) is 5. The van der Waals surface area contributed by atoms with Gasteiger partial charge in [-0.2, -0.15) is 0 Å². The zero-order chi connectivity index (χ0) is 22.3. The zero-order valence-electron chi connectivity index (χ0n) is 18.3. The van der Waals surface area contributed by atoms with Crippen LogP contribution in [0.25, 0.3) is 0 Å². The van der Waals surface area contributed by atoms with Crippen LogP contribution >= 0.6 is 0 Å². The Morgan fingerprint density at radius 1 is 1.28 bits per heavy atom. The molecule has 2 amide bonds. The normalized spacial score (nSPS) is 23.1. The maximum absolute atomic E-state index is 13.8. The van der Waals surface area contributed by atoms with Crippen LogP contribution in [0.4, 0.5) is 0 Å². The highest BCUT2D eigenvalue weighted by atomic mass is 16.3. The molecule has 1 spiro atoms. The Balaban J connectivity index is 1.47. The van der Waals surface area contributed by atoms with Gasteiger partial charge in [0.15, 0.2) is 0 Å². The molecule has 0 radical (unpaired) electrons. The molecule has 0 aliphatic carbocycles. The first-order valence-electron chi connectivity index (χ1n) is 11.0. The second kappa shape index (κ2) is 7.93. The highest BCUT2D eigenvalue weighted by molar-refractivity contribution is 5.95. The third kappa shape index (κ3) is 3.39. The molecular formula is C24H27N5O3. The maximum Gasteiger partial charge on any atom is 0.257 e. The molecule has 2 aliphatic heterocycles. The summed E-state index contributed by atoms with van der Waals surface area (Å²) >= 11 is 0. The summed E-state index contributed by atoms with van der Waals surface area (Å²) in [6.45, 7) is 6.27. The highest BCUT2D eigenvalue weighted by Gasteiger charge is 2.58. The molecular weight excluding hydrogens is 406 g/mol. The van der Waals surface area contributed by atoms with Gasteiger partial charge in [-0.05, 0) is 44.0 Å². The van der Waals surface area contributed by atoms with Gasteiger partial charge < -0.3 is 18.8 Å². The van der Waals surface area contributed by atoms with Gasteiger partial charge >= 0.3 is 0 Å². The number of amides is 2. The van der Waals surface area contributed by atoms with E-state index in [-0.39, 0.29) is 23.8 Å². The monoisotopic (exact) mass is 433 g/mol. The SMILES string of the molecule is CC(C)n1cnc(C2CN(C(=O)c3ccoc3)CC23CCN(Cc2ccncc2)C3=O)c1. The van der Waals surface area contributed by atoms with E-state index in [1.54, 1.807) is 23.4 Å². The zero-order valence-corrected chi connectivity index (χ0v) is 18.3. The van der Waals surface area contributed by atoms with Crippen LogP contribution in [0.1, 0.15) is 53.8 Å². The fourth-order valence-corrected chi connectivity index (χ4v) is 5.01. The van der Waals surface area contributed by atoms with Crippen molar-refractivity contribution in [3.8, 4) is 0 Å². The van der Waals surface area contributed by atoms with Gasteiger partial charge in [-0.3, -0.25) is 14.6 Å². The van der Waals surface area contributed by atoms with E-state index in [9.17, 15) is 9.59 Å². The first-order chi connectivity index (χ1) is 15.5. The van der Waals surface area contributed by atoms with E-state index in [1.807, 2.05) is 29.6 Å². The molecule has 0 saturated carbocycles. The van der Waals surface area contributed by atoms with Gasteiger partial charge in [0.2, 0.25) is 5.91 Å². The number of hydrogen-bond donors (Lipinski definition) is 0. The predicted octanol–water partition coefficient (Wildman–Crippen LogP) is 3.11. The summed E-state index contributed by atoms with van der Waals surface area (Å²) in [6, 6.07) is 5.81. The number of likely N-dealkylation sites (tertiary alicyclic amines) is 2. The van der Waals surface area contributed by atoms with Crippen molar-refractivity contribution in [1.29, 1.82) is 0 Å². The van der Waals surface area contributed by atoms with Crippen molar-refractivity contribution in [2.24, 2.45) is 5.41 Å². The van der Waals surface area contributed by atoms with E-state index < -0.39 is 5.41 Å². The Kier molecular flexibility index (Phi) is 5.07. The van der Waals surface area contributed by atoms with Crippen LogP contribution in [0.5, 0.6) is 0 Å². The quantitative estimate of drug-likeness (QED) is 0.617. The van der Waals surface area contributed by atoms with E-state index in [2.05, 4.69) is 28.4 Å². The Labute approximate surface area is 186 Å². The van der Waals surface area contributed by atoms with Crippen LogP contribution in [0.15, 0.2) is 60.1 Å². The summed E-state index contributed by atoms with van der Waals surface area (Å²) < 4.78 is 7.17. The number of rotatable bonds is 5. The van der Waals surface area contributed by atoms with Crippen LogP contribution in [0.2, 0.25) is 0 Å². The molecule has 2 saturated heterocycles. The largest absolute Gasteiger partial charge is 0.472 e. The summed E-state index contributed by atoms with van der Waals surface area (Å²) in [5.41, 5.74) is 1.77. The fourth-order valence-electron chi connectivity index (χ4n) is 5.01. The van der Waals surface area contributed by atoms with Crippen molar-refractivity contribution in [1.82, 2.24) is 24.3 Å². The number of furan rings is 1. The topological polar surface area (TPSA) is 84.5 Å². The molecule has 2 atom stereocenters. The Morgan fingerprint density at radius 2 is 2.09 bits per heavy atom. The van der Waals surface area contributed by atoms with Gasteiger partial charge in [-0.15, -0.1) is 0 Å². The first kappa shape index (κ1) is 20.5. The van der Waals surface area contributed by atoms with Crippen LogP contribution in [0, 0.1) is 5.41 Å². The summed E-state index contributed by atoms with van der Waals surface area (Å²) in [5.74, 6) is -0.154. The Morgan fingerprint density at radius 3 is 2.78 bits per heavy atom. The average Bonchev–Trinajstić information content (AvgIpc) is 3.58. The van der Waals surface area contributed by atoms with Gasteiger partial charge in [0, 0.05) is 56.7 Å². The van der Waals surface area contributed by atoms with Crippen LogP contribution in [-0.4, -0.2) is 55.8 Å². The summed E-state index contributed by atoms with van der Waals surface area (Å²) in [4.78, 5) is 39.4. The van der Waals surface area contributed by atoms with E-state index in [4.69, 9.17) is 4.42 Å². The first-order valence-corrected chi connectivity index (χ1v) is 11.0. The second-order valence-corrected chi connectivity index (χ2v) is 9.08. The molecule has 8 nitrogen and oxygen atoms in total. The van der Waals surface area contributed by atoms with E-state index in [1.165, 1.54) is 12.5 Å². The van der Waals surface area contributed by atoms with Crippen molar-refractivity contribution in [3.63, 3.8) is 0 Å². The third-order valence-electron chi connectivity index (χ3n) is 6.84. The van der Waals surface area contributed by atoms with Crippen molar-refractivity contribution < 1.29 is 14.0 Å². The number of hydrogen-bond acceptors (Lipinski definition) is 5. The lowest BCUT2D eigenvalue weighted by atomic mass is 9.75.